The van der Waals surface area contributed by atoms with Crippen LogP contribution in [-0.2, 0) is 21.5 Å². The van der Waals surface area contributed by atoms with Gasteiger partial charge in [0.15, 0.2) is 5.65 Å². The van der Waals surface area contributed by atoms with E-state index in [2.05, 4.69) is 29.7 Å². The van der Waals surface area contributed by atoms with Gasteiger partial charge in [-0.15, -0.1) is 11.3 Å². The van der Waals surface area contributed by atoms with Crippen LogP contribution in [0.15, 0.2) is 18.2 Å². The van der Waals surface area contributed by atoms with Crippen LogP contribution in [0, 0.1) is 13.8 Å². The molecule has 5 nitrogen and oxygen atoms in total. The fourth-order valence-electron chi connectivity index (χ4n) is 4.90. The van der Waals surface area contributed by atoms with Gasteiger partial charge in [0.2, 0.25) is 0 Å². The molecule has 3 aromatic rings. The van der Waals surface area contributed by atoms with Crippen molar-refractivity contribution in [2.75, 3.05) is 6.61 Å². The fraction of sp³-hybridized carbons (Fsp3) is 0.542. The number of aryl methyl sites for hydroxylation is 2. The summed E-state index contributed by atoms with van der Waals surface area (Å²) < 4.78 is 7.80. The maximum Gasteiger partial charge on any atom is 0.317 e. The zero-order valence-corrected chi connectivity index (χ0v) is 18.8. The van der Waals surface area contributed by atoms with Crippen molar-refractivity contribution in [1.82, 2.24) is 14.5 Å². The van der Waals surface area contributed by atoms with Crippen molar-refractivity contribution in [2.24, 2.45) is 0 Å². The molecule has 0 aromatic carbocycles. The monoisotopic (exact) mass is 423 g/mol. The molecule has 5 rings (SSSR count). The van der Waals surface area contributed by atoms with Crippen molar-refractivity contribution < 1.29 is 9.53 Å². The standard InChI is InChI=1S/C24H29N3O2S/c1-4-29-23(28)24(11-5-6-12-24)19-10-9-18(30-19)14-27-21(17-7-8-17)26-20-15(2)13-16(3)25-22(20)27/h9-10,13,17H,4-8,11-12,14H2,1-3H3. The zero-order chi connectivity index (χ0) is 20.9. The van der Waals surface area contributed by atoms with Gasteiger partial charge in [-0.2, -0.15) is 0 Å². The lowest BCUT2D eigenvalue weighted by atomic mass is 9.84. The molecule has 30 heavy (non-hydrogen) atoms. The normalized spacial score (nSPS) is 18.2. The summed E-state index contributed by atoms with van der Waals surface area (Å²) in [6, 6.07) is 6.45. The third-order valence-electron chi connectivity index (χ3n) is 6.56. The van der Waals surface area contributed by atoms with Crippen molar-refractivity contribution in [1.29, 1.82) is 0 Å². The first-order chi connectivity index (χ1) is 14.5. The summed E-state index contributed by atoms with van der Waals surface area (Å²) in [5, 5.41) is 0. The first-order valence-corrected chi connectivity index (χ1v) is 11.9. The average molecular weight is 424 g/mol. The maximum atomic E-state index is 12.9. The Kier molecular flexibility index (Phi) is 4.92. The molecule has 3 aromatic heterocycles. The number of fused-ring (bicyclic) bond motifs is 1. The van der Waals surface area contributed by atoms with E-state index in [-0.39, 0.29) is 5.97 Å². The molecular formula is C24H29N3O2S. The number of esters is 1. The predicted octanol–water partition coefficient (Wildman–Crippen LogP) is 5.41. The van der Waals surface area contributed by atoms with Crippen molar-refractivity contribution in [2.45, 2.75) is 77.2 Å². The summed E-state index contributed by atoms with van der Waals surface area (Å²) in [5.74, 6) is 1.68. The number of pyridine rings is 1. The van der Waals surface area contributed by atoms with Crippen molar-refractivity contribution in [3.05, 3.63) is 45.0 Å². The third-order valence-corrected chi connectivity index (χ3v) is 7.84. The van der Waals surface area contributed by atoms with E-state index < -0.39 is 5.41 Å². The molecule has 2 saturated carbocycles. The van der Waals surface area contributed by atoms with E-state index in [1.165, 1.54) is 29.1 Å². The molecule has 3 heterocycles. The Morgan fingerprint density at radius 1 is 1.23 bits per heavy atom. The van der Waals surface area contributed by atoms with Crippen molar-refractivity contribution >= 4 is 28.5 Å². The maximum absolute atomic E-state index is 12.9. The van der Waals surface area contributed by atoms with Crippen molar-refractivity contribution in [3.8, 4) is 0 Å². The van der Waals surface area contributed by atoms with Gasteiger partial charge in [-0.05, 0) is 70.2 Å². The first-order valence-electron chi connectivity index (χ1n) is 11.1. The Morgan fingerprint density at radius 2 is 2.00 bits per heavy atom. The van der Waals surface area contributed by atoms with Gasteiger partial charge >= 0.3 is 5.97 Å². The van der Waals surface area contributed by atoms with Crippen LogP contribution in [0.4, 0.5) is 0 Å². The highest BCUT2D eigenvalue weighted by atomic mass is 32.1. The van der Waals surface area contributed by atoms with Crippen LogP contribution in [0.25, 0.3) is 11.2 Å². The lowest BCUT2D eigenvalue weighted by Gasteiger charge is -2.25. The minimum absolute atomic E-state index is 0.0458. The van der Waals surface area contributed by atoms with Crippen LogP contribution >= 0.6 is 11.3 Å². The molecule has 158 valence electrons. The molecule has 0 bridgehead atoms. The molecule has 6 heteroatoms. The SMILES string of the molecule is CCOC(=O)C1(c2ccc(Cn3c(C4CC4)nc4c(C)cc(C)nc43)s2)CCCC1. The van der Waals surface area contributed by atoms with Gasteiger partial charge in [0.05, 0.1) is 13.2 Å². The highest BCUT2D eigenvalue weighted by Crippen LogP contribution is 2.46. The molecule has 0 saturated heterocycles. The van der Waals surface area contributed by atoms with Gasteiger partial charge in [-0.3, -0.25) is 4.79 Å². The number of ether oxygens (including phenoxy) is 1. The third kappa shape index (κ3) is 3.25. The van der Waals surface area contributed by atoms with Crippen LogP contribution < -0.4 is 0 Å². The van der Waals surface area contributed by atoms with E-state index in [0.29, 0.717) is 12.5 Å². The highest BCUT2D eigenvalue weighted by molar-refractivity contribution is 7.12. The molecule has 2 aliphatic carbocycles. The minimum Gasteiger partial charge on any atom is -0.465 e. The van der Waals surface area contributed by atoms with E-state index >= 15 is 0 Å². The zero-order valence-electron chi connectivity index (χ0n) is 18.0. The molecule has 0 unspecified atom stereocenters. The number of rotatable bonds is 6. The Labute approximate surface area is 181 Å². The second-order valence-corrected chi connectivity index (χ2v) is 10.0. The second kappa shape index (κ2) is 7.49. The first kappa shape index (κ1) is 19.7. The summed E-state index contributed by atoms with van der Waals surface area (Å²) in [5.41, 5.74) is 3.80. The second-order valence-electron chi connectivity index (χ2n) is 8.86. The number of aromatic nitrogens is 3. The van der Waals surface area contributed by atoms with Crippen LogP contribution in [-0.4, -0.2) is 27.1 Å². The number of hydrogen-bond donors (Lipinski definition) is 0. The van der Waals surface area contributed by atoms with E-state index in [4.69, 9.17) is 14.7 Å². The number of imidazole rings is 1. The number of nitrogens with zero attached hydrogens (tertiary/aromatic N) is 3. The number of hydrogen-bond acceptors (Lipinski definition) is 5. The highest BCUT2D eigenvalue weighted by Gasteiger charge is 2.45. The lowest BCUT2D eigenvalue weighted by Crippen LogP contribution is -2.33. The molecule has 0 spiro atoms. The van der Waals surface area contributed by atoms with E-state index in [1.54, 1.807) is 11.3 Å². The smallest absolute Gasteiger partial charge is 0.317 e. The Hall–Kier alpha value is -2.21. The summed E-state index contributed by atoms with van der Waals surface area (Å²) in [6.07, 6.45) is 6.39. The molecule has 0 aliphatic heterocycles. The topological polar surface area (TPSA) is 57.0 Å². The summed E-state index contributed by atoms with van der Waals surface area (Å²) in [7, 11) is 0. The molecule has 2 fully saturated rings. The predicted molar refractivity (Wildman–Crippen MR) is 119 cm³/mol. The van der Waals surface area contributed by atoms with Gasteiger partial charge in [0, 0.05) is 21.4 Å². The summed E-state index contributed by atoms with van der Waals surface area (Å²) in [6.45, 7) is 7.27. The summed E-state index contributed by atoms with van der Waals surface area (Å²) >= 11 is 1.76. The Morgan fingerprint density at radius 3 is 2.70 bits per heavy atom. The average Bonchev–Trinajstić information content (AvgIpc) is 3.12. The Bertz CT molecular complexity index is 1100. The van der Waals surface area contributed by atoms with E-state index in [1.807, 2.05) is 13.8 Å². The van der Waals surface area contributed by atoms with E-state index in [9.17, 15) is 4.79 Å². The van der Waals surface area contributed by atoms with Crippen LogP contribution in [0.1, 0.15) is 78.2 Å². The van der Waals surface area contributed by atoms with Crippen LogP contribution in [0.2, 0.25) is 0 Å². The van der Waals surface area contributed by atoms with Gasteiger partial charge in [0.25, 0.3) is 0 Å². The largest absolute Gasteiger partial charge is 0.465 e. The minimum atomic E-state index is -0.444. The van der Waals surface area contributed by atoms with Gasteiger partial charge in [-0.1, -0.05) is 12.8 Å². The molecule has 0 atom stereocenters. The lowest BCUT2D eigenvalue weighted by molar-refractivity contribution is -0.149. The molecular weight excluding hydrogens is 394 g/mol. The van der Waals surface area contributed by atoms with Crippen molar-refractivity contribution in [3.63, 3.8) is 0 Å². The number of thiophene rings is 1. The van der Waals surface area contributed by atoms with Crippen LogP contribution in [0.3, 0.4) is 0 Å². The van der Waals surface area contributed by atoms with Crippen LogP contribution in [0.5, 0.6) is 0 Å². The van der Waals surface area contributed by atoms with E-state index in [0.717, 1.165) is 54.0 Å². The molecule has 0 amide bonds. The van der Waals surface area contributed by atoms with Gasteiger partial charge in [-0.25, -0.2) is 9.97 Å². The number of carbonyl (C=O) groups excluding carboxylic acids is 1. The number of carbonyl (C=O) groups is 1. The quantitative estimate of drug-likeness (QED) is 0.498. The Balaban J connectivity index is 1.52. The van der Waals surface area contributed by atoms with Gasteiger partial charge < -0.3 is 9.30 Å². The summed E-state index contributed by atoms with van der Waals surface area (Å²) in [4.78, 5) is 25.1. The fourth-order valence-corrected chi connectivity index (χ4v) is 6.14. The molecule has 0 radical (unpaired) electrons. The van der Waals surface area contributed by atoms with Gasteiger partial charge in [0.1, 0.15) is 16.8 Å². The molecule has 0 N–H and O–H groups in total. The molecule has 2 aliphatic rings.